The van der Waals surface area contributed by atoms with Crippen molar-refractivity contribution in [3.63, 3.8) is 0 Å². The van der Waals surface area contributed by atoms with E-state index in [9.17, 15) is 4.79 Å². The Morgan fingerprint density at radius 3 is 3.13 bits per heavy atom. The number of fused-ring (bicyclic) bond motifs is 3. The van der Waals surface area contributed by atoms with Gasteiger partial charge in [-0.25, -0.2) is 4.68 Å². The van der Waals surface area contributed by atoms with E-state index in [4.69, 9.17) is 11.6 Å². The van der Waals surface area contributed by atoms with Gasteiger partial charge in [0.2, 0.25) is 0 Å². The number of aromatic nitrogens is 3. The van der Waals surface area contributed by atoms with E-state index < -0.39 is 0 Å². The third-order valence-electron chi connectivity index (χ3n) is 4.41. The number of rotatable bonds is 2. The quantitative estimate of drug-likeness (QED) is 0.711. The van der Waals surface area contributed by atoms with Gasteiger partial charge in [0.1, 0.15) is 0 Å². The average Bonchev–Trinajstić information content (AvgIpc) is 2.88. The fraction of sp³-hybridized carbons (Fsp3) is 0.353. The molecule has 1 aliphatic carbocycles. The van der Waals surface area contributed by atoms with Crippen molar-refractivity contribution in [1.82, 2.24) is 15.0 Å². The molecule has 0 bridgehead atoms. The zero-order valence-corrected chi connectivity index (χ0v) is 14.3. The molecule has 0 saturated carbocycles. The predicted octanol–water partition coefficient (Wildman–Crippen LogP) is 3.68. The smallest absolute Gasteiger partial charge is 0.267 e. The molecule has 3 aromatic rings. The lowest BCUT2D eigenvalue weighted by Crippen LogP contribution is -2.25. The van der Waals surface area contributed by atoms with Crippen LogP contribution in [0.2, 0.25) is 5.02 Å². The molecule has 6 heteroatoms. The first-order valence-electron chi connectivity index (χ1n) is 7.74. The highest BCUT2D eigenvalue weighted by Gasteiger charge is 2.23. The summed E-state index contributed by atoms with van der Waals surface area (Å²) in [6.45, 7) is 2.65. The number of aryl methyl sites for hydroxylation is 1. The van der Waals surface area contributed by atoms with Crippen LogP contribution in [0.1, 0.15) is 29.3 Å². The Kier molecular flexibility index (Phi) is 3.70. The molecule has 4 nitrogen and oxygen atoms in total. The second kappa shape index (κ2) is 5.73. The summed E-state index contributed by atoms with van der Waals surface area (Å²) in [5.41, 5.74) is 2.11. The maximum absolute atomic E-state index is 12.9. The lowest BCUT2D eigenvalue weighted by Gasteiger charge is -2.17. The zero-order valence-electron chi connectivity index (χ0n) is 12.8. The van der Waals surface area contributed by atoms with Crippen LogP contribution < -0.4 is 5.56 Å². The molecule has 0 saturated heterocycles. The van der Waals surface area contributed by atoms with Crippen LogP contribution >= 0.6 is 22.9 Å². The fourth-order valence-corrected chi connectivity index (χ4v) is 4.73. The molecule has 4 rings (SSSR count). The first-order valence-corrected chi connectivity index (χ1v) is 8.94. The van der Waals surface area contributed by atoms with E-state index in [0.717, 1.165) is 35.0 Å². The Bertz CT molecular complexity index is 947. The number of benzene rings is 1. The van der Waals surface area contributed by atoms with Crippen LogP contribution in [0.3, 0.4) is 0 Å². The summed E-state index contributed by atoms with van der Waals surface area (Å²) in [7, 11) is 0. The number of nitrogens with zero attached hydrogens (tertiary/aromatic N) is 3. The van der Waals surface area contributed by atoms with E-state index in [-0.39, 0.29) is 5.56 Å². The molecule has 2 aromatic heterocycles. The summed E-state index contributed by atoms with van der Waals surface area (Å²) in [5, 5.41) is 9.84. The second-order valence-electron chi connectivity index (χ2n) is 6.21. The number of hydrogen-bond acceptors (Lipinski definition) is 4. The molecule has 0 aliphatic heterocycles. The Balaban J connectivity index is 1.80. The van der Waals surface area contributed by atoms with Crippen molar-refractivity contribution < 1.29 is 0 Å². The van der Waals surface area contributed by atoms with Gasteiger partial charge < -0.3 is 0 Å². The van der Waals surface area contributed by atoms with Gasteiger partial charge in [-0.05, 0) is 48.4 Å². The van der Waals surface area contributed by atoms with Gasteiger partial charge in [-0.3, -0.25) is 4.79 Å². The zero-order chi connectivity index (χ0) is 16.0. The molecule has 0 N–H and O–H groups in total. The Morgan fingerprint density at radius 1 is 1.43 bits per heavy atom. The van der Waals surface area contributed by atoms with Crippen molar-refractivity contribution in [1.29, 1.82) is 0 Å². The SMILES string of the molecule is C[C@H]1CCc2c(sc3nnn(Cc4cccc(Cl)c4)c(=O)c23)C1. The summed E-state index contributed by atoms with van der Waals surface area (Å²) < 4.78 is 1.44. The summed E-state index contributed by atoms with van der Waals surface area (Å²) in [4.78, 5) is 15.0. The molecule has 1 aromatic carbocycles. The third-order valence-corrected chi connectivity index (χ3v) is 5.78. The van der Waals surface area contributed by atoms with E-state index >= 15 is 0 Å². The topological polar surface area (TPSA) is 47.8 Å². The number of thiophene rings is 1. The Labute approximate surface area is 142 Å². The predicted molar refractivity (Wildman–Crippen MR) is 93.4 cm³/mol. The molecular weight excluding hydrogens is 330 g/mol. The molecule has 0 fully saturated rings. The average molecular weight is 346 g/mol. The van der Waals surface area contributed by atoms with Gasteiger partial charge in [0.05, 0.1) is 11.9 Å². The summed E-state index contributed by atoms with van der Waals surface area (Å²) in [6.07, 6.45) is 3.15. The van der Waals surface area contributed by atoms with Gasteiger partial charge in [0.25, 0.3) is 5.56 Å². The molecule has 1 aliphatic rings. The maximum atomic E-state index is 12.9. The van der Waals surface area contributed by atoms with Crippen molar-refractivity contribution in [3.05, 3.63) is 55.6 Å². The van der Waals surface area contributed by atoms with Crippen molar-refractivity contribution in [2.24, 2.45) is 5.92 Å². The van der Waals surface area contributed by atoms with Crippen molar-refractivity contribution in [3.8, 4) is 0 Å². The molecule has 2 heterocycles. The van der Waals surface area contributed by atoms with Crippen LogP contribution in [-0.2, 0) is 19.4 Å². The normalized spacial score (nSPS) is 17.4. The van der Waals surface area contributed by atoms with Crippen LogP contribution in [0.4, 0.5) is 0 Å². The molecule has 0 radical (unpaired) electrons. The summed E-state index contributed by atoms with van der Waals surface area (Å²) >= 11 is 7.64. The molecule has 118 valence electrons. The van der Waals surface area contributed by atoms with Gasteiger partial charge in [-0.2, -0.15) is 0 Å². The van der Waals surface area contributed by atoms with E-state index in [2.05, 4.69) is 17.2 Å². The number of halogens is 1. The Morgan fingerprint density at radius 2 is 2.30 bits per heavy atom. The van der Waals surface area contributed by atoms with E-state index in [1.807, 2.05) is 24.3 Å². The fourth-order valence-electron chi connectivity index (χ4n) is 3.20. The molecule has 0 spiro atoms. The van der Waals surface area contributed by atoms with Crippen LogP contribution in [0.15, 0.2) is 29.1 Å². The first kappa shape index (κ1) is 14.8. The lowest BCUT2D eigenvalue weighted by molar-refractivity contribution is 0.508. The molecular formula is C17H16ClN3OS. The van der Waals surface area contributed by atoms with Gasteiger partial charge in [-0.15, -0.1) is 16.4 Å². The summed E-state index contributed by atoms with van der Waals surface area (Å²) in [5.74, 6) is 0.678. The minimum Gasteiger partial charge on any atom is -0.267 e. The highest BCUT2D eigenvalue weighted by molar-refractivity contribution is 7.18. The largest absolute Gasteiger partial charge is 0.279 e. The van der Waals surface area contributed by atoms with Crippen LogP contribution in [-0.4, -0.2) is 15.0 Å². The van der Waals surface area contributed by atoms with Crippen LogP contribution in [0.5, 0.6) is 0 Å². The van der Waals surface area contributed by atoms with E-state index in [1.165, 1.54) is 15.1 Å². The van der Waals surface area contributed by atoms with E-state index in [1.54, 1.807) is 11.3 Å². The van der Waals surface area contributed by atoms with Crippen molar-refractivity contribution in [2.75, 3.05) is 0 Å². The maximum Gasteiger partial charge on any atom is 0.279 e. The molecule has 0 amide bonds. The lowest BCUT2D eigenvalue weighted by atomic mass is 9.89. The minimum absolute atomic E-state index is 0.0398. The van der Waals surface area contributed by atoms with Gasteiger partial charge in [0, 0.05) is 9.90 Å². The number of hydrogen-bond donors (Lipinski definition) is 0. The van der Waals surface area contributed by atoms with Crippen molar-refractivity contribution >= 4 is 33.2 Å². The second-order valence-corrected chi connectivity index (χ2v) is 7.73. The highest BCUT2D eigenvalue weighted by atomic mass is 35.5. The summed E-state index contributed by atoms with van der Waals surface area (Å²) in [6, 6.07) is 7.49. The minimum atomic E-state index is -0.0398. The van der Waals surface area contributed by atoms with Gasteiger partial charge in [0.15, 0.2) is 4.83 Å². The third kappa shape index (κ3) is 2.68. The highest BCUT2D eigenvalue weighted by Crippen LogP contribution is 2.35. The van der Waals surface area contributed by atoms with Crippen molar-refractivity contribution in [2.45, 2.75) is 32.7 Å². The first-order chi connectivity index (χ1) is 11.1. The standard InChI is InChI=1S/C17H16ClN3OS/c1-10-5-6-13-14(7-10)23-16-15(13)17(22)21(20-19-16)9-11-3-2-4-12(18)8-11/h2-4,8,10H,5-7,9H2,1H3/t10-/m0/s1. The monoisotopic (exact) mass is 345 g/mol. The molecule has 23 heavy (non-hydrogen) atoms. The molecule has 0 unspecified atom stereocenters. The van der Waals surface area contributed by atoms with Crippen LogP contribution in [0, 0.1) is 5.92 Å². The van der Waals surface area contributed by atoms with Gasteiger partial charge in [-0.1, -0.05) is 35.9 Å². The molecule has 1 atom stereocenters. The van der Waals surface area contributed by atoms with Crippen LogP contribution in [0.25, 0.3) is 10.2 Å². The van der Waals surface area contributed by atoms with Gasteiger partial charge >= 0.3 is 0 Å². The van der Waals surface area contributed by atoms with E-state index in [0.29, 0.717) is 17.5 Å². The Hall–Kier alpha value is -1.72.